The van der Waals surface area contributed by atoms with Gasteiger partial charge in [-0.3, -0.25) is 20.4 Å². The van der Waals surface area contributed by atoms with Crippen LogP contribution in [0.5, 0.6) is 11.5 Å². The highest BCUT2D eigenvalue weighted by atomic mass is 35.5. The fourth-order valence-electron chi connectivity index (χ4n) is 2.29. The van der Waals surface area contributed by atoms with Crippen LogP contribution >= 0.6 is 11.6 Å². The average Bonchev–Trinajstić information content (AvgIpc) is 2.66. The van der Waals surface area contributed by atoms with E-state index >= 15 is 0 Å². The van der Waals surface area contributed by atoms with Crippen molar-refractivity contribution in [2.45, 2.75) is 32.8 Å². The number of hydrogen-bond donors (Lipinski definition) is 2. The topological polar surface area (TPSA) is 76.7 Å². The average molecular weight is 391 g/mol. The van der Waals surface area contributed by atoms with E-state index < -0.39 is 17.9 Å². The van der Waals surface area contributed by atoms with Crippen molar-refractivity contribution in [3.8, 4) is 11.5 Å². The van der Waals surface area contributed by atoms with Crippen molar-refractivity contribution in [1.82, 2.24) is 10.9 Å². The molecule has 144 valence electrons. The van der Waals surface area contributed by atoms with Crippen molar-refractivity contribution in [2.24, 2.45) is 0 Å². The highest BCUT2D eigenvalue weighted by Gasteiger charge is 2.17. The van der Waals surface area contributed by atoms with Crippen molar-refractivity contribution in [3.63, 3.8) is 0 Å². The number of carbonyl (C=O) groups is 2. The molecule has 2 aromatic rings. The van der Waals surface area contributed by atoms with E-state index in [1.807, 2.05) is 32.0 Å². The van der Waals surface area contributed by atoms with Crippen molar-refractivity contribution >= 4 is 23.4 Å². The predicted molar refractivity (Wildman–Crippen MR) is 104 cm³/mol. The van der Waals surface area contributed by atoms with E-state index in [-0.39, 0.29) is 12.5 Å². The van der Waals surface area contributed by atoms with E-state index in [1.54, 1.807) is 37.3 Å². The summed E-state index contributed by atoms with van der Waals surface area (Å²) < 4.78 is 11.0. The lowest BCUT2D eigenvalue weighted by atomic mass is 10.0. The molecule has 7 heteroatoms. The van der Waals surface area contributed by atoms with Gasteiger partial charge in [0.1, 0.15) is 11.5 Å². The summed E-state index contributed by atoms with van der Waals surface area (Å²) in [5.74, 6) is 0.315. The smallest absolute Gasteiger partial charge is 0.279 e. The lowest BCUT2D eigenvalue weighted by Gasteiger charge is -2.16. The van der Waals surface area contributed by atoms with Gasteiger partial charge in [0.15, 0.2) is 12.7 Å². The van der Waals surface area contributed by atoms with Gasteiger partial charge in [-0.2, -0.15) is 0 Å². The molecule has 2 rings (SSSR count). The molecule has 0 saturated carbocycles. The zero-order valence-corrected chi connectivity index (χ0v) is 16.2. The normalized spacial score (nSPS) is 11.6. The molecule has 2 amide bonds. The van der Waals surface area contributed by atoms with Crippen LogP contribution in [0.25, 0.3) is 0 Å². The third-order valence-corrected chi connectivity index (χ3v) is 4.05. The number of hydrogen-bond acceptors (Lipinski definition) is 4. The zero-order chi connectivity index (χ0) is 19.8. The second-order valence-corrected chi connectivity index (χ2v) is 6.62. The zero-order valence-electron chi connectivity index (χ0n) is 15.5. The van der Waals surface area contributed by atoms with Gasteiger partial charge >= 0.3 is 0 Å². The molecule has 0 aliphatic heterocycles. The third kappa shape index (κ3) is 6.18. The molecule has 1 atom stereocenters. The first-order chi connectivity index (χ1) is 12.9. The first-order valence-electron chi connectivity index (χ1n) is 8.60. The van der Waals surface area contributed by atoms with Crippen LogP contribution in [-0.4, -0.2) is 24.5 Å². The highest BCUT2D eigenvalue weighted by Crippen LogP contribution is 2.26. The van der Waals surface area contributed by atoms with Gasteiger partial charge in [0.05, 0.1) is 5.02 Å². The van der Waals surface area contributed by atoms with Crippen LogP contribution in [0.15, 0.2) is 48.5 Å². The van der Waals surface area contributed by atoms with Crippen LogP contribution in [0.4, 0.5) is 0 Å². The number of carbonyl (C=O) groups excluding carboxylic acids is 2. The van der Waals surface area contributed by atoms with Crippen LogP contribution in [0.1, 0.15) is 32.3 Å². The van der Waals surface area contributed by atoms with Gasteiger partial charge in [0.2, 0.25) is 0 Å². The van der Waals surface area contributed by atoms with E-state index in [0.29, 0.717) is 16.5 Å². The summed E-state index contributed by atoms with van der Waals surface area (Å²) in [6, 6.07) is 14.4. The number of nitrogens with one attached hydrogen (secondary N) is 2. The molecule has 6 nitrogen and oxygen atoms in total. The van der Waals surface area contributed by atoms with Crippen LogP contribution in [0.3, 0.4) is 0 Å². The fourth-order valence-corrected chi connectivity index (χ4v) is 2.47. The summed E-state index contributed by atoms with van der Waals surface area (Å²) in [6.07, 6.45) is -0.840. The standard InChI is InChI=1S/C20H23ClN2O4/c1-13(2)15-8-4-6-10-17(15)26-12-19(24)22-23-20(25)14(3)27-18-11-7-5-9-16(18)21/h4-11,13-14H,12H2,1-3H3,(H,22,24)(H,23,25). The van der Waals surface area contributed by atoms with Crippen molar-refractivity contribution in [2.75, 3.05) is 6.61 Å². The molecule has 0 aliphatic rings. The van der Waals surface area contributed by atoms with Gasteiger partial charge < -0.3 is 9.47 Å². The first kappa shape index (κ1) is 20.6. The maximum Gasteiger partial charge on any atom is 0.279 e. The Morgan fingerprint density at radius 2 is 1.59 bits per heavy atom. The minimum absolute atomic E-state index is 0.218. The van der Waals surface area contributed by atoms with E-state index in [0.717, 1.165) is 5.56 Å². The lowest BCUT2D eigenvalue weighted by Crippen LogP contribution is -2.48. The SMILES string of the molecule is CC(Oc1ccccc1Cl)C(=O)NNC(=O)COc1ccccc1C(C)C. The molecular weight excluding hydrogens is 368 g/mol. The summed E-state index contributed by atoms with van der Waals surface area (Å²) in [4.78, 5) is 24.0. The predicted octanol–water partition coefficient (Wildman–Crippen LogP) is 3.46. The molecule has 1 unspecified atom stereocenters. The molecule has 0 radical (unpaired) electrons. The van der Waals surface area contributed by atoms with Gasteiger partial charge in [-0.1, -0.05) is 55.8 Å². The molecule has 2 aromatic carbocycles. The van der Waals surface area contributed by atoms with E-state index in [2.05, 4.69) is 10.9 Å². The maximum atomic E-state index is 12.0. The molecule has 2 N–H and O–H groups in total. The summed E-state index contributed by atoms with van der Waals surface area (Å²) >= 11 is 5.99. The summed E-state index contributed by atoms with van der Waals surface area (Å²) in [5, 5.41) is 0.401. The van der Waals surface area contributed by atoms with Crippen LogP contribution < -0.4 is 20.3 Å². The summed E-state index contributed by atoms with van der Waals surface area (Å²) in [6.45, 7) is 5.43. The fraction of sp³-hybridized carbons (Fsp3) is 0.300. The van der Waals surface area contributed by atoms with E-state index in [9.17, 15) is 9.59 Å². The lowest BCUT2D eigenvalue weighted by molar-refractivity contribution is -0.133. The summed E-state index contributed by atoms with van der Waals surface area (Å²) in [7, 11) is 0. The Kier molecular flexibility index (Phi) is 7.49. The largest absolute Gasteiger partial charge is 0.483 e. The highest BCUT2D eigenvalue weighted by molar-refractivity contribution is 6.32. The minimum atomic E-state index is -0.840. The molecule has 0 fully saturated rings. The van der Waals surface area contributed by atoms with Crippen molar-refractivity contribution in [3.05, 3.63) is 59.1 Å². The van der Waals surface area contributed by atoms with Gasteiger partial charge in [0.25, 0.3) is 11.8 Å². The summed E-state index contributed by atoms with van der Waals surface area (Å²) in [5.41, 5.74) is 5.63. The number of benzene rings is 2. The van der Waals surface area contributed by atoms with Gasteiger partial charge in [-0.25, -0.2) is 0 Å². The first-order valence-corrected chi connectivity index (χ1v) is 8.98. The number of amides is 2. The molecule has 0 bridgehead atoms. The molecule has 27 heavy (non-hydrogen) atoms. The van der Waals surface area contributed by atoms with Crippen molar-refractivity contribution < 1.29 is 19.1 Å². The number of para-hydroxylation sites is 2. The van der Waals surface area contributed by atoms with Crippen molar-refractivity contribution in [1.29, 1.82) is 0 Å². The molecule has 0 heterocycles. The Morgan fingerprint density at radius 1 is 0.963 bits per heavy atom. The second kappa shape index (κ2) is 9.83. The third-order valence-electron chi connectivity index (χ3n) is 3.73. The number of rotatable bonds is 7. The maximum absolute atomic E-state index is 12.0. The Bertz CT molecular complexity index is 795. The number of halogens is 1. The Balaban J connectivity index is 1.80. The Hall–Kier alpha value is -2.73. The molecule has 0 saturated heterocycles. The second-order valence-electron chi connectivity index (χ2n) is 6.21. The molecule has 0 aliphatic carbocycles. The molecule has 0 spiro atoms. The van der Waals surface area contributed by atoms with Crippen LogP contribution in [0.2, 0.25) is 5.02 Å². The van der Waals surface area contributed by atoms with Gasteiger partial charge in [0, 0.05) is 0 Å². The number of hydrazine groups is 1. The van der Waals surface area contributed by atoms with Gasteiger partial charge in [-0.15, -0.1) is 0 Å². The van der Waals surface area contributed by atoms with Gasteiger partial charge in [-0.05, 0) is 36.6 Å². The minimum Gasteiger partial charge on any atom is -0.483 e. The Morgan fingerprint density at radius 3 is 2.26 bits per heavy atom. The van der Waals surface area contributed by atoms with Crippen LogP contribution in [-0.2, 0) is 9.59 Å². The quantitative estimate of drug-likeness (QED) is 0.710. The Labute approximate surface area is 163 Å². The van der Waals surface area contributed by atoms with E-state index in [4.69, 9.17) is 21.1 Å². The monoisotopic (exact) mass is 390 g/mol. The van der Waals surface area contributed by atoms with E-state index in [1.165, 1.54) is 0 Å². The molecule has 0 aromatic heterocycles. The van der Waals surface area contributed by atoms with Crippen LogP contribution in [0, 0.1) is 0 Å². The number of ether oxygens (including phenoxy) is 2. The molecular formula is C20H23ClN2O4.